The molecule has 2 heterocycles. The Morgan fingerprint density at radius 1 is 1.15 bits per heavy atom. The first-order valence-electron chi connectivity index (χ1n) is 9.51. The lowest BCUT2D eigenvalue weighted by Gasteiger charge is -2.29. The molecule has 1 aromatic heterocycles. The third kappa shape index (κ3) is 5.65. The van der Waals surface area contributed by atoms with Crippen molar-refractivity contribution in [1.82, 2.24) is 14.0 Å². The van der Waals surface area contributed by atoms with Crippen molar-refractivity contribution >= 4 is 39.3 Å². The van der Waals surface area contributed by atoms with Crippen LogP contribution < -0.4 is 14.2 Å². The molecule has 1 aliphatic rings. The Morgan fingerprint density at radius 2 is 1.79 bits per heavy atom. The smallest absolute Gasteiger partial charge is 0.427 e. The average Bonchev–Trinajstić information content (AvgIpc) is 2.63. The molecule has 0 aliphatic carbocycles. The van der Waals surface area contributed by atoms with Gasteiger partial charge in [-0.3, -0.25) is 4.79 Å². The number of rotatable bonds is 7. The number of amides is 1. The summed E-state index contributed by atoms with van der Waals surface area (Å²) in [5.74, 6) is -3.29. The standard InChI is InChI=1S/C19H17Cl2F4N3O5S/c1-18(2,19(23,24)25)33-17-13(21)6-10(9-26-17)32-15-8-14(22)11(7-12(15)20)16(29)27-34(30,31)28-4-3-5-28/h6-9H,3-5H2,1-2H3,(H,27,29). The summed E-state index contributed by atoms with van der Waals surface area (Å²) in [6.07, 6.45) is -3.07. The van der Waals surface area contributed by atoms with Crippen LogP contribution in [-0.2, 0) is 10.2 Å². The number of pyridine rings is 1. The fourth-order valence-electron chi connectivity index (χ4n) is 2.51. The molecule has 8 nitrogen and oxygen atoms in total. The van der Waals surface area contributed by atoms with E-state index in [0.717, 1.165) is 42.5 Å². The highest BCUT2D eigenvalue weighted by atomic mass is 35.5. The SMILES string of the molecule is CC(C)(Oc1ncc(Oc2cc(F)c(C(=O)NS(=O)(=O)N3CCC3)cc2Cl)cc1Cl)C(F)(F)F. The van der Waals surface area contributed by atoms with Crippen LogP contribution in [0.2, 0.25) is 10.0 Å². The quantitative estimate of drug-likeness (QED) is 0.505. The normalized spacial score (nSPS) is 14.9. The lowest BCUT2D eigenvalue weighted by molar-refractivity contribution is -0.235. The number of alkyl halides is 3. The summed E-state index contributed by atoms with van der Waals surface area (Å²) in [7, 11) is -4.10. The zero-order valence-corrected chi connectivity index (χ0v) is 19.9. The van der Waals surface area contributed by atoms with Gasteiger partial charge in [-0.1, -0.05) is 23.2 Å². The number of hydrogen-bond acceptors (Lipinski definition) is 6. The van der Waals surface area contributed by atoms with Crippen LogP contribution in [0.25, 0.3) is 0 Å². The van der Waals surface area contributed by atoms with Crippen molar-refractivity contribution in [2.45, 2.75) is 32.0 Å². The molecule has 1 saturated heterocycles. The summed E-state index contributed by atoms with van der Waals surface area (Å²) in [4.78, 5) is 15.9. The van der Waals surface area contributed by atoms with Gasteiger partial charge >= 0.3 is 16.4 Å². The maximum Gasteiger partial charge on any atom is 0.427 e. The van der Waals surface area contributed by atoms with Gasteiger partial charge in [0.2, 0.25) is 5.88 Å². The molecule has 1 amide bonds. The van der Waals surface area contributed by atoms with Gasteiger partial charge in [0.05, 0.1) is 16.8 Å². The zero-order chi connectivity index (χ0) is 25.5. The van der Waals surface area contributed by atoms with Crippen LogP contribution in [0.5, 0.6) is 17.4 Å². The van der Waals surface area contributed by atoms with Crippen LogP contribution in [0.15, 0.2) is 24.4 Å². The van der Waals surface area contributed by atoms with Crippen LogP contribution in [0.4, 0.5) is 17.6 Å². The van der Waals surface area contributed by atoms with Gasteiger partial charge in [-0.25, -0.2) is 14.1 Å². The van der Waals surface area contributed by atoms with Gasteiger partial charge < -0.3 is 9.47 Å². The molecule has 0 bridgehead atoms. The maximum atomic E-state index is 14.5. The number of carbonyl (C=O) groups excluding carboxylic acids is 1. The lowest BCUT2D eigenvalue weighted by Crippen LogP contribution is -2.49. The number of nitrogens with one attached hydrogen (secondary N) is 1. The van der Waals surface area contributed by atoms with Crippen molar-refractivity contribution < 1.29 is 40.2 Å². The number of benzene rings is 1. The van der Waals surface area contributed by atoms with Crippen LogP contribution in [0.1, 0.15) is 30.6 Å². The summed E-state index contributed by atoms with van der Waals surface area (Å²) < 4.78 is 90.6. The van der Waals surface area contributed by atoms with Gasteiger partial charge in [-0.2, -0.15) is 25.9 Å². The summed E-state index contributed by atoms with van der Waals surface area (Å²) in [6, 6.07) is 2.68. The monoisotopic (exact) mass is 545 g/mol. The van der Waals surface area contributed by atoms with Gasteiger partial charge in [0.25, 0.3) is 5.91 Å². The molecule has 0 radical (unpaired) electrons. The van der Waals surface area contributed by atoms with Gasteiger partial charge in [0.15, 0.2) is 5.60 Å². The second-order valence-corrected chi connectivity index (χ2v) is 10.1. The minimum absolute atomic E-state index is 0.124. The number of halogens is 6. The molecule has 1 aliphatic heterocycles. The summed E-state index contributed by atoms with van der Waals surface area (Å²) in [6.45, 7) is 2.08. The first kappa shape index (κ1) is 26.3. The molecule has 186 valence electrons. The Hall–Kier alpha value is -2.35. The van der Waals surface area contributed by atoms with E-state index >= 15 is 0 Å². The third-order valence-corrected chi connectivity index (χ3v) is 6.74. The van der Waals surface area contributed by atoms with E-state index in [1.807, 2.05) is 0 Å². The Labute approximate surface area is 201 Å². The first-order valence-corrected chi connectivity index (χ1v) is 11.7. The van der Waals surface area contributed by atoms with Crippen molar-refractivity contribution in [3.05, 3.63) is 45.8 Å². The van der Waals surface area contributed by atoms with Gasteiger partial charge in [-0.15, -0.1) is 0 Å². The van der Waals surface area contributed by atoms with Crippen LogP contribution in [0, 0.1) is 5.82 Å². The van der Waals surface area contributed by atoms with E-state index in [-0.39, 0.29) is 34.6 Å². The predicted octanol–water partition coefficient (Wildman–Crippen LogP) is 4.72. The van der Waals surface area contributed by atoms with E-state index < -0.39 is 45.2 Å². The molecule has 34 heavy (non-hydrogen) atoms. The minimum atomic E-state index is -4.69. The van der Waals surface area contributed by atoms with E-state index in [9.17, 15) is 30.8 Å². The number of carbonyl (C=O) groups is 1. The Morgan fingerprint density at radius 3 is 2.32 bits per heavy atom. The van der Waals surface area contributed by atoms with Crippen LogP contribution in [0.3, 0.4) is 0 Å². The highest BCUT2D eigenvalue weighted by Gasteiger charge is 2.50. The number of aromatic nitrogens is 1. The predicted molar refractivity (Wildman–Crippen MR) is 114 cm³/mol. The zero-order valence-electron chi connectivity index (χ0n) is 17.5. The van der Waals surface area contributed by atoms with Crippen molar-refractivity contribution in [3.8, 4) is 17.4 Å². The molecule has 15 heteroatoms. The van der Waals surface area contributed by atoms with Crippen molar-refractivity contribution in [2.24, 2.45) is 0 Å². The molecule has 2 aromatic rings. The molecule has 0 saturated carbocycles. The Bertz CT molecular complexity index is 1220. The Balaban J connectivity index is 1.77. The summed E-state index contributed by atoms with van der Waals surface area (Å²) in [5.41, 5.74) is -3.21. The minimum Gasteiger partial charge on any atom is -0.461 e. The molecular weight excluding hydrogens is 529 g/mol. The number of hydrogen-bond donors (Lipinski definition) is 1. The van der Waals surface area contributed by atoms with Gasteiger partial charge in [0.1, 0.15) is 22.3 Å². The third-order valence-electron chi connectivity index (χ3n) is 4.69. The second-order valence-electron chi connectivity index (χ2n) is 7.62. The van der Waals surface area contributed by atoms with Crippen LogP contribution in [-0.4, -0.2) is 48.5 Å². The fourth-order valence-corrected chi connectivity index (χ4v) is 4.12. The van der Waals surface area contributed by atoms with Crippen LogP contribution >= 0.6 is 23.2 Å². The van der Waals surface area contributed by atoms with Crippen molar-refractivity contribution in [2.75, 3.05) is 13.1 Å². The van der Waals surface area contributed by atoms with Gasteiger partial charge in [0, 0.05) is 25.2 Å². The molecule has 3 rings (SSSR count). The van der Waals surface area contributed by atoms with E-state index in [1.54, 1.807) is 4.72 Å². The summed E-state index contributed by atoms with van der Waals surface area (Å²) in [5, 5.41) is -0.582. The molecule has 1 aromatic carbocycles. The molecule has 1 N–H and O–H groups in total. The molecule has 0 atom stereocenters. The Kier molecular flexibility index (Phi) is 7.23. The lowest BCUT2D eigenvalue weighted by atomic mass is 10.1. The molecular formula is C19H17Cl2F4N3O5S. The topological polar surface area (TPSA) is 97.8 Å². The highest BCUT2D eigenvalue weighted by molar-refractivity contribution is 7.87. The molecule has 0 spiro atoms. The number of ether oxygens (including phenoxy) is 2. The highest BCUT2D eigenvalue weighted by Crippen LogP contribution is 2.38. The second kappa shape index (κ2) is 9.36. The number of nitrogens with zero attached hydrogens (tertiary/aromatic N) is 2. The maximum absolute atomic E-state index is 14.5. The molecule has 1 fully saturated rings. The fraction of sp³-hybridized carbons (Fsp3) is 0.368. The van der Waals surface area contributed by atoms with Gasteiger partial charge in [-0.05, 0) is 26.3 Å². The molecule has 0 unspecified atom stereocenters. The largest absolute Gasteiger partial charge is 0.461 e. The van der Waals surface area contributed by atoms with Crippen molar-refractivity contribution in [3.63, 3.8) is 0 Å². The van der Waals surface area contributed by atoms with E-state index in [1.165, 1.54) is 0 Å². The first-order chi connectivity index (χ1) is 15.6. The van der Waals surface area contributed by atoms with Crippen molar-refractivity contribution in [1.29, 1.82) is 0 Å². The van der Waals surface area contributed by atoms with E-state index in [0.29, 0.717) is 6.42 Å². The van der Waals surface area contributed by atoms with E-state index in [2.05, 4.69) is 4.98 Å². The van der Waals surface area contributed by atoms with E-state index in [4.69, 9.17) is 32.7 Å². The summed E-state index contributed by atoms with van der Waals surface area (Å²) >= 11 is 12.0. The average molecular weight is 546 g/mol.